The monoisotopic (exact) mass is 468 g/mol. The van der Waals surface area contributed by atoms with Crippen LogP contribution in [0.1, 0.15) is 15.9 Å². The zero-order valence-electron chi connectivity index (χ0n) is 17.6. The van der Waals surface area contributed by atoms with E-state index in [0.717, 1.165) is 0 Å². The van der Waals surface area contributed by atoms with Gasteiger partial charge in [-0.25, -0.2) is 9.18 Å². The lowest BCUT2D eigenvalue weighted by atomic mass is 10.2. The normalized spacial score (nSPS) is 10.3. The average Bonchev–Trinajstić information content (AvgIpc) is 2.75. The van der Waals surface area contributed by atoms with Crippen molar-refractivity contribution in [2.24, 2.45) is 5.73 Å². The molecule has 0 saturated heterocycles. The average molecular weight is 469 g/mol. The molecule has 11 heteroatoms. The van der Waals surface area contributed by atoms with E-state index < -0.39 is 36.8 Å². The van der Waals surface area contributed by atoms with Crippen molar-refractivity contribution in [3.63, 3.8) is 0 Å². The molecule has 2 aromatic carbocycles. The molecule has 2 amide bonds. The van der Waals surface area contributed by atoms with Gasteiger partial charge in [-0.05, 0) is 29.8 Å². The van der Waals surface area contributed by atoms with Crippen LogP contribution in [-0.2, 0) is 20.9 Å². The predicted molar refractivity (Wildman–Crippen MR) is 112 cm³/mol. The minimum Gasteiger partial charge on any atom is -0.494 e. The quantitative estimate of drug-likeness (QED) is 0.531. The number of carbonyl (C=O) groups excluding carboxylic acids is 3. The Morgan fingerprint density at radius 2 is 1.75 bits per heavy atom. The van der Waals surface area contributed by atoms with Gasteiger partial charge >= 0.3 is 5.97 Å². The molecule has 0 aliphatic carbocycles. The number of benzene rings is 2. The molecule has 0 spiro atoms. The largest absolute Gasteiger partial charge is 0.494 e. The molecule has 2 N–H and O–H groups in total. The van der Waals surface area contributed by atoms with Crippen molar-refractivity contribution in [2.75, 3.05) is 34.5 Å². The van der Waals surface area contributed by atoms with Crippen molar-refractivity contribution >= 4 is 29.4 Å². The van der Waals surface area contributed by atoms with Crippen molar-refractivity contribution < 1.29 is 37.7 Å². The number of likely N-dealkylation sites (N-methyl/N-ethyl adjacent to an activating group) is 1. The molecule has 0 heterocycles. The Labute approximate surface area is 188 Å². The number of nitrogens with two attached hydrogens (primary N) is 1. The molecule has 0 unspecified atom stereocenters. The zero-order chi connectivity index (χ0) is 23.8. The number of hydrogen-bond donors (Lipinski definition) is 1. The van der Waals surface area contributed by atoms with E-state index >= 15 is 0 Å². The van der Waals surface area contributed by atoms with E-state index in [9.17, 15) is 18.8 Å². The van der Waals surface area contributed by atoms with Crippen molar-refractivity contribution in [3.05, 3.63) is 52.3 Å². The molecular formula is C21H22ClFN2O7. The maximum atomic E-state index is 13.8. The smallest absolute Gasteiger partial charge is 0.338 e. The molecule has 0 fully saturated rings. The van der Waals surface area contributed by atoms with Crippen LogP contribution in [-0.4, -0.2) is 57.2 Å². The van der Waals surface area contributed by atoms with Gasteiger partial charge in [-0.15, -0.1) is 0 Å². The van der Waals surface area contributed by atoms with Gasteiger partial charge in [0.2, 0.25) is 0 Å². The van der Waals surface area contributed by atoms with Gasteiger partial charge in [0.25, 0.3) is 11.8 Å². The van der Waals surface area contributed by atoms with Crippen molar-refractivity contribution in [3.8, 4) is 17.2 Å². The summed E-state index contributed by atoms with van der Waals surface area (Å²) in [5.41, 5.74) is 5.58. The minimum atomic E-state index is -0.830. The molecule has 32 heavy (non-hydrogen) atoms. The summed E-state index contributed by atoms with van der Waals surface area (Å²) in [7, 11) is 4.16. The summed E-state index contributed by atoms with van der Waals surface area (Å²) in [4.78, 5) is 36.8. The topological polar surface area (TPSA) is 117 Å². The maximum Gasteiger partial charge on any atom is 0.338 e. The van der Waals surface area contributed by atoms with Crippen LogP contribution in [0.4, 0.5) is 4.39 Å². The molecule has 0 bridgehead atoms. The highest BCUT2D eigenvalue weighted by atomic mass is 35.5. The van der Waals surface area contributed by atoms with E-state index in [4.69, 9.17) is 36.3 Å². The summed E-state index contributed by atoms with van der Waals surface area (Å²) in [6.45, 7) is -0.879. The van der Waals surface area contributed by atoms with Crippen LogP contribution in [0.3, 0.4) is 0 Å². The molecule has 0 atom stereocenters. The Hall–Kier alpha value is -3.53. The Morgan fingerprint density at radius 3 is 2.34 bits per heavy atom. The Bertz CT molecular complexity index is 1020. The lowest BCUT2D eigenvalue weighted by molar-refractivity contribution is -0.133. The number of amides is 2. The van der Waals surface area contributed by atoms with E-state index in [1.165, 1.54) is 50.4 Å². The number of nitrogens with zero attached hydrogens (tertiary/aromatic N) is 1. The van der Waals surface area contributed by atoms with Crippen LogP contribution >= 0.6 is 11.6 Å². The molecule has 0 aromatic heterocycles. The van der Waals surface area contributed by atoms with Crippen LogP contribution in [0.15, 0.2) is 30.3 Å². The zero-order valence-corrected chi connectivity index (χ0v) is 18.4. The SMILES string of the molecule is COc1ccc(CN(C)C(=O)COC(=O)c2cc(Cl)c(OCC(N)=O)c(OC)c2)cc1F. The van der Waals surface area contributed by atoms with Gasteiger partial charge in [-0.1, -0.05) is 17.7 Å². The molecular weight excluding hydrogens is 447 g/mol. The summed E-state index contributed by atoms with van der Waals surface area (Å²) in [6.07, 6.45) is 0. The van der Waals surface area contributed by atoms with Crippen LogP contribution in [0.25, 0.3) is 0 Å². The van der Waals surface area contributed by atoms with E-state index in [1.54, 1.807) is 6.07 Å². The number of primary amides is 1. The maximum absolute atomic E-state index is 13.8. The number of methoxy groups -OCH3 is 2. The molecule has 0 saturated carbocycles. The standard InChI is InChI=1S/C21H22ClFN2O7/c1-25(9-12-4-5-16(29-2)15(23)6-12)19(27)11-32-21(28)13-7-14(22)20(17(8-13)30-3)31-10-18(24)26/h4-8H,9-11H2,1-3H3,(H2,24,26). The van der Waals surface area contributed by atoms with Gasteiger partial charge in [0, 0.05) is 13.6 Å². The molecule has 0 aliphatic rings. The first-order chi connectivity index (χ1) is 15.2. The summed E-state index contributed by atoms with van der Waals surface area (Å²) < 4.78 is 34.0. The van der Waals surface area contributed by atoms with Gasteiger partial charge in [-0.3, -0.25) is 9.59 Å². The molecule has 2 rings (SSSR count). The summed E-state index contributed by atoms with van der Waals surface area (Å²) in [5, 5.41) is -0.0115. The summed E-state index contributed by atoms with van der Waals surface area (Å²) in [5.74, 6) is -2.39. The van der Waals surface area contributed by atoms with Crippen LogP contribution in [0.2, 0.25) is 5.02 Å². The van der Waals surface area contributed by atoms with Gasteiger partial charge in [0.05, 0.1) is 24.8 Å². The number of hydrogen-bond acceptors (Lipinski definition) is 7. The van der Waals surface area contributed by atoms with E-state index in [0.29, 0.717) is 5.56 Å². The van der Waals surface area contributed by atoms with Crippen molar-refractivity contribution in [1.29, 1.82) is 0 Å². The Kier molecular flexibility index (Phi) is 8.65. The second-order valence-electron chi connectivity index (χ2n) is 6.54. The number of carbonyl (C=O) groups is 3. The fourth-order valence-electron chi connectivity index (χ4n) is 2.61. The van der Waals surface area contributed by atoms with Crippen molar-refractivity contribution in [1.82, 2.24) is 4.90 Å². The first kappa shape index (κ1) is 24.7. The predicted octanol–water partition coefficient (Wildman–Crippen LogP) is 2.18. The second kappa shape index (κ2) is 11.2. The number of halogens is 2. The third-order valence-electron chi connectivity index (χ3n) is 4.21. The first-order valence-corrected chi connectivity index (χ1v) is 9.56. The fraction of sp³-hybridized carbons (Fsp3) is 0.286. The van der Waals surface area contributed by atoms with Crippen LogP contribution in [0.5, 0.6) is 17.2 Å². The van der Waals surface area contributed by atoms with Crippen LogP contribution in [0, 0.1) is 5.82 Å². The number of rotatable bonds is 10. The third-order valence-corrected chi connectivity index (χ3v) is 4.49. The first-order valence-electron chi connectivity index (χ1n) is 9.18. The molecule has 0 aliphatic heterocycles. The Balaban J connectivity index is 2.00. The summed E-state index contributed by atoms with van der Waals surface area (Å²) >= 11 is 6.10. The highest BCUT2D eigenvalue weighted by molar-refractivity contribution is 6.32. The van der Waals surface area contributed by atoms with E-state index in [1.807, 2.05) is 0 Å². The number of ether oxygens (including phenoxy) is 4. The van der Waals surface area contributed by atoms with Crippen molar-refractivity contribution in [2.45, 2.75) is 6.54 Å². The number of esters is 1. The van der Waals surface area contributed by atoms with Gasteiger partial charge < -0.3 is 29.6 Å². The van der Waals surface area contributed by atoms with Gasteiger partial charge in [0.1, 0.15) is 0 Å². The molecule has 9 nitrogen and oxygen atoms in total. The van der Waals surface area contributed by atoms with Gasteiger partial charge in [0.15, 0.2) is 36.3 Å². The highest BCUT2D eigenvalue weighted by Gasteiger charge is 2.19. The summed E-state index contributed by atoms with van der Waals surface area (Å²) in [6, 6.07) is 6.87. The van der Waals surface area contributed by atoms with Gasteiger partial charge in [-0.2, -0.15) is 0 Å². The minimum absolute atomic E-state index is 0.00551. The molecule has 2 aromatic rings. The lowest BCUT2D eigenvalue weighted by Gasteiger charge is -2.18. The molecule has 0 radical (unpaired) electrons. The highest BCUT2D eigenvalue weighted by Crippen LogP contribution is 2.36. The lowest BCUT2D eigenvalue weighted by Crippen LogP contribution is -2.30. The van der Waals surface area contributed by atoms with E-state index in [2.05, 4.69) is 0 Å². The Morgan fingerprint density at radius 1 is 1.06 bits per heavy atom. The van der Waals surface area contributed by atoms with E-state index in [-0.39, 0.29) is 34.4 Å². The molecule has 172 valence electrons. The third kappa shape index (κ3) is 6.48. The van der Waals surface area contributed by atoms with Crippen LogP contribution < -0.4 is 19.9 Å². The fourth-order valence-corrected chi connectivity index (χ4v) is 2.88. The second-order valence-corrected chi connectivity index (χ2v) is 6.95.